The molecule has 3 aliphatic heterocycles. The largest absolute Gasteiger partial charge is 0.479 e. The van der Waals surface area contributed by atoms with E-state index < -0.39 is 111 Å². The first-order valence-electron chi connectivity index (χ1n) is 11.4. The Morgan fingerprint density at radius 1 is 0.784 bits per heavy atom. The highest BCUT2D eigenvalue weighted by Crippen LogP contribution is 2.32. The Morgan fingerprint density at radius 3 is 1.97 bits per heavy atom. The molecule has 3 saturated heterocycles. The van der Waals surface area contributed by atoms with E-state index in [1.54, 1.807) is 0 Å². The van der Waals surface area contributed by atoms with Crippen molar-refractivity contribution in [3.05, 3.63) is 0 Å². The lowest BCUT2D eigenvalue weighted by atomic mass is 9.95. The number of carbonyl (C=O) groups is 2. The first kappa shape index (κ1) is 30.0. The van der Waals surface area contributed by atoms with Gasteiger partial charge < -0.3 is 75.0 Å². The summed E-state index contributed by atoms with van der Waals surface area (Å²) >= 11 is 0. The van der Waals surface area contributed by atoms with Crippen molar-refractivity contribution in [3.8, 4) is 0 Å². The minimum absolute atomic E-state index is 0.657. The van der Waals surface area contributed by atoms with Crippen LogP contribution in [0.2, 0.25) is 0 Å². The normalized spacial score (nSPS) is 48.9. The van der Waals surface area contributed by atoms with Gasteiger partial charge in [-0.3, -0.25) is 4.79 Å². The Balaban J connectivity index is 1.88. The van der Waals surface area contributed by atoms with Gasteiger partial charge in [0.15, 0.2) is 25.0 Å². The van der Waals surface area contributed by atoms with Gasteiger partial charge in [0, 0.05) is 6.92 Å². The van der Waals surface area contributed by atoms with Crippen LogP contribution in [0.25, 0.3) is 0 Å². The molecule has 17 nitrogen and oxygen atoms in total. The summed E-state index contributed by atoms with van der Waals surface area (Å²) in [6.45, 7) is 1.70. The number of aliphatic hydroxyl groups is 8. The van der Waals surface area contributed by atoms with Gasteiger partial charge in [0.25, 0.3) is 0 Å². The maximum Gasteiger partial charge on any atom is 0.335 e. The van der Waals surface area contributed by atoms with Crippen molar-refractivity contribution >= 4 is 11.9 Å². The van der Waals surface area contributed by atoms with Crippen molar-refractivity contribution in [2.75, 3.05) is 6.61 Å². The second-order valence-electron chi connectivity index (χ2n) is 9.09. The van der Waals surface area contributed by atoms with Crippen LogP contribution in [0, 0.1) is 0 Å². The van der Waals surface area contributed by atoms with Crippen LogP contribution in [0.4, 0.5) is 0 Å². The van der Waals surface area contributed by atoms with Gasteiger partial charge in [-0.2, -0.15) is 0 Å². The van der Waals surface area contributed by atoms with Crippen molar-refractivity contribution in [2.24, 2.45) is 0 Å². The minimum Gasteiger partial charge on any atom is -0.479 e. The molecule has 0 unspecified atom stereocenters. The van der Waals surface area contributed by atoms with Crippen molar-refractivity contribution in [2.45, 2.75) is 106 Å². The van der Waals surface area contributed by atoms with Crippen molar-refractivity contribution < 1.29 is 79.2 Å². The smallest absolute Gasteiger partial charge is 0.335 e. The van der Waals surface area contributed by atoms with Gasteiger partial charge in [-0.15, -0.1) is 0 Å². The van der Waals surface area contributed by atoms with Gasteiger partial charge in [0.05, 0.1) is 12.7 Å². The van der Waals surface area contributed by atoms with E-state index in [0.717, 1.165) is 6.92 Å². The minimum atomic E-state index is -2.00. The number of nitrogens with one attached hydrogen (secondary N) is 1. The second kappa shape index (κ2) is 12.1. The summed E-state index contributed by atoms with van der Waals surface area (Å²) in [5.41, 5.74) is 0. The first-order valence-corrected chi connectivity index (χ1v) is 11.4. The third-order valence-corrected chi connectivity index (χ3v) is 6.42. The molecule has 17 heteroatoms. The molecule has 0 bridgehead atoms. The van der Waals surface area contributed by atoms with E-state index in [4.69, 9.17) is 23.7 Å². The lowest BCUT2D eigenvalue weighted by Crippen LogP contribution is -2.68. The summed E-state index contributed by atoms with van der Waals surface area (Å²) in [5.74, 6) is -2.32. The molecule has 3 heterocycles. The summed E-state index contributed by atoms with van der Waals surface area (Å²) in [4.78, 5) is 23.1. The van der Waals surface area contributed by atoms with Gasteiger partial charge in [0.1, 0.15) is 61.0 Å². The highest BCUT2D eigenvalue weighted by molar-refractivity contribution is 5.73. The molecule has 1 amide bonds. The second-order valence-corrected chi connectivity index (χ2v) is 9.09. The van der Waals surface area contributed by atoms with E-state index in [-0.39, 0.29) is 0 Å². The molecule has 3 fully saturated rings. The lowest BCUT2D eigenvalue weighted by molar-refractivity contribution is -0.371. The van der Waals surface area contributed by atoms with Gasteiger partial charge in [-0.05, 0) is 6.92 Å². The van der Waals surface area contributed by atoms with Crippen LogP contribution in [0.15, 0.2) is 0 Å². The predicted octanol–water partition coefficient (Wildman–Crippen LogP) is -6.31. The van der Waals surface area contributed by atoms with E-state index in [1.807, 2.05) is 0 Å². The Hall–Kier alpha value is -1.58. The van der Waals surface area contributed by atoms with E-state index in [1.165, 1.54) is 6.92 Å². The number of hydrogen-bond acceptors (Lipinski definition) is 15. The van der Waals surface area contributed by atoms with Gasteiger partial charge >= 0.3 is 5.97 Å². The summed E-state index contributed by atoms with van der Waals surface area (Å²) in [6, 6.07) is -1.43. The number of aliphatic carboxylic acids is 1. The number of hydrogen-bond donors (Lipinski definition) is 10. The van der Waals surface area contributed by atoms with E-state index in [2.05, 4.69) is 5.32 Å². The number of amides is 1. The fraction of sp³-hybridized carbons (Fsp3) is 0.900. The molecule has 15 atom stereocenters. The predicted molar refractivity (Wildman–Crippen MR) is 112 cm³/mol. The summed E-state index contributed by atoms with van der Waals surface area (Å²) in [7, 11) is 0. The van der Waals surface area contributed by atoms with Gasteiger partial charge in [0.2, 0.25) is 5.91 Å². The average Bonchev–Trinajstić information content (AvgIpc) is 2.83. The highest BCUT2D eigenvalue weighted by Gasteiger charge is 2.54. The number of carboxylic acids is 1. The fourth-order valence-corrected chi connectivity index (χ4v) is 4.41. The van der Waals surface area contributed by atoms with Crippen molar-refractivity contribution in [1.82, 2.24) is 5.32 Å². The quantitative estimate of drug-likeness (QED) is 0.143. The van der Waals surface area contributed by atoms with Crippen molar-refractivity contribution in [3.63, 3.8) is 0 Å². The summed E-state index contributed by atoms with van der Waals surface area (Å²) < 4.78 is 27.1. The van der Waals surface area contributed by atoms with E-state index >= 15 is 0 Å². The molecule has 37 heavy (non-hydrogen) atoms. The van der Waals surface area contributed by atoms with Crippen LogP contribution in [0.5, 0.6) is 0 Å². The molecule has 3 rings (SSSR count). The van der Waals surface area contributed by atoms with E-state index in [0.29, 0.717) is 0 Å². The van der Waals surface area contributed by atoms with Crippen LogP contribution in [-0.2, 0) is 33.3 Å². The molecular weight excluding hydrogens is 510 g/mol. The van der Waals surface area contributed by atoms with Crippen LogP contribution in [0.1, 0.15) is 13.8 Å². The molecule has 0 aromatic rings. The fourth-order valence-electron chi connectivity index (χ4n) is 4.41. The van der Waals surface area contributed by atoms with Crippen molar-refractivity contribution in [1.29, 1.82) is 0 Å². The highest BCUT2D eigenvalue weighted by atomic mass is 16.8. The standard InChI is InChI=1S/C20H33NO16/c1-4-14(35-20-12(28)10(26)11(27)16(37-20)17(30)31)15(13(29)18(32)33-4)36-19-7(21-5(2)23)9(25)8(24)6(3-22)34-19/h4,6-16,18-20,22,24-29,32H,3H2,1-2H3,(H,21,23)(H,30,31)/t4-,6+,7+,8+,9+,10-,11-,12+,13-,14+,15-,16-,18-,19-,20+/m0/s1. The maximum absolute atomic E-state index is 11.7. The number of rotatable bonds is 7. The van der Waals surface area contributed by atoms with E-state index in [9.17, 15) is 55.5 Å². The zero-order chi connectivity index (χ0) is 27.8. The number of ether oxygens (including phenoxy) is 5. The molecule has 3 aliphatic rings. The Labute approximate surface area is 209 Å². The Kier molecular flexibility index (Phi) is 9.78. The molecule has 0 radical (unpaired) electrons. The van der Waals surface area contributed by atoms with Crippen LogP contribution in [-0.4, -0.2) is 156 Å². The number of aliphatic hydroxyl groups excluding tert-OH is 8. The molecule has 0 aromatic heterocycles. The number of carboxylic acid groups (broad SMARTS) is 1. The average molecular weight is 543 g/mol. The zero-order valence-electron chi connectivity index (χ0n) is 19.8. The Morgan fingerprint density at radius 2 is 1.41 bits per heavy atom. The molecule has 0 aliphatic carbocycles. The molecule has 0 saturated carbocycles. The van der Waals surface area contributed by atoms with Gasteiger partial charge in [-0.1, -0.05) is 0 Å². The zero-order valence-corrected chi connectivity index (χ0v) is 19.8. The van der Waals surface area contributed by atoms with Gasteiger partial charge in [-0.25, -0.2) is 4.79 Å². The molecule has 10 N–H and O–H groups in total. The van der Waals surface area contributed by atoms with Crippen LogP contribution >= 0.6 is 0 Å². The topological polar surface area (TPSA) is 274 Å². The molecule has 214 valence electrons. The number of carbonyl (C=O) groups excluding carboxylic acids is 1. The van der Waals surface area contributed by atoms with Crippen LogP contribution in [0.3, 0.4) is 0 Å². The summed E-state index contributed by atoms with van der Waals surface area (Å²) in [6.07, 6.45) is -24.2. The Bertz CT molecular complexity index is 802. The third kappa shape index (κ3) is 6.19. The lowest BCUT2D eigenvalue weighted by Gasteiger charge is -2.48. The maximum atomic E-state index is 11.7. The van der Waals surface area contributed by atoms with Crippen LogP contribution < -0.4 is 5.32 Å². The third-order valence-electron chi connectivity index (χ3n) is 6.42. The first-order chi connectivity index (χ1) is 17.3. The molecule has 0 spiro atoms. The monoisotopic (exact) mass is 543 g/mol. The molecular formula is C20H33NO16. The summed E-state index contributed by atoms with van der Waals surface area (Å²) in [5, 5.41) is 92.8. The molecule has 0 aromatic carbocycles. The SMILES string of the molecule is CC(=O)N[C@H]1[C@H](O[C@H]2[C@H](O)[C@@H](O)O[C@@H](C)[C@H]2O[C@@H]2O[C@H](C(=O)O)[C@@H](O)[C@H](O)[C@H]2O)O[C@H](CO)[C@@H](O)[C@@H]1O.